The van der Waals surface area contributed by atoms with E-state index in [4.69, 9.17) is 0 Å². The minimum absolute atomic E-state index is 0.252. The smallest absolute Gasteiger partial charge is 0.162 e. The summed E-state index contributed by atoms with van der Waals surface area (Å²) in [5, 5.41) is 11.2. The van der Waals surface area contributed by atoms with Gasteiger partial charge >= 0.3 is 0 Å². The van der Waals surface area contributed by atoms with Crippen molar-refractivity contribution >= 4 is 0 Å². The van der Waals surface area contributed by atoms with Gasteiger partial charge in [0, 0.05) is 23.6 Å². The molecule has 1 aliphatic heterocycles. The summed E-state index contributed by atoms with van der Waals surface area (Å²) in [5.41, 5.74) is 2.92. The van der Waals surface area contributed by atoms with Crippen molar-refractivity contribution in [3.05, 3.63) is 82.3 Å². The largest absolute Gasteiger partial charge is 0.313 e. The molecular weight excluding hydrogens is 351 g/mol. The predicted molar refractivity (Wildman–Crippen MR) is 96.7 cm³/mol. The summed E-state index contributed by atoms with van der Waals surface area (Å²) in [6, 6.07) is 11.1. The maximum Gasteiger partial charge on any atom is 0.162 e. The average molecular weight is 369 g/mol. The Kier molecular flexibility index (Phi) is 4.66. The monoisotopic (exact) mass is 369 g/mol. The first-order valence-corrected chi connectivity index (χ1v) is 8.83. The van der Waals surface area contributed by atoms with Crippen LogP contribution in [0, 0.1) is 24.4 Å². The van der Waals surface area contributed by atoms with E-state index in [1.54, 1.807) is 30.3 Å². The predicted octanol–water partition coefficient (Wildman–Crippen LogP) is 4.49. The van der Waals surface area contributed by atoms with E-state index in [0.717, 1.165) is 11.8 Å². The summed E-state index contributed by atoms with van der Waals surface area (Å²) >= 11 is 0. The van der Waals surface area contributed by atoms with Crippen molar-refractivity contribution in [1.82, 2.24) is 15.5 Å². The van der Waals surface area contributed by atoms with E-state index in [-0.39, 0.29) is 5.56 Å². The van der Waals surface area contributed by atoms with Gasteiger partial charge in [-0.25, -0.2) is 13.2 Å². The third kappa shape index (κ3) is 3.21. The van der Waals surface area contributed by atoms with Crippen molar-refractivity contribution in [2.45, 2.75) is 25.8 Å². The van der Waals surface area contributed by atoms with Gasteiger partial charge in [0.05, 0.1) is 11.4 Å². The summed E-state index contributed by atoms with van der Waals surface area (Å²) in [7, 11) is 0. The molecule has 1 N–H and O–H groups in total. The fourth-order valence-corrected chi connectivity index (χ4v) is 3.61. The molecule has 27 heavy (non-hydrogen) atoms. The lowest BCUT2D eigenvalue weighted by atomic mass is 9.85. The number of rotatable bonds is 2. The molecule has 0 radical (unpaired) electrons. The molecule has 4 rings (SSSR count). The summed E-state index contributed by atoms with van der Waals surface area (Å²) < 4.78 is 43.4. The Morgan fingerprint density at radius 1 is 0.926 bits per heavy atom. The summed E-state index contributed by atoms with van der Waals surface area (Å²) in [6.07, 6.45) is 0.552. The van der Waals surface area contributed by atoms with Crippen LogP contribution < -0.4 is 5.32 Å². The molecule has 3 nitrogen and oxygen atoms in total. The number of aryl methyl sites for hydroxylation is 1. The Morgan fingerprint density at radius 2 is 1.78 bits per heavy atom. The fourth-order valence-electron chi connectivity index (χ4n) is 3.61. The first-order valence-electron chi connectivity index (χ1n) is 8.83. The van der Waals surface area contributed by atoms with Crippen LogP contribution in [-0.4, -0.2) is 16.7 Å². The van der Waals surface area contributed by atoms with Crippen LogP contribution in [0.25, 0.3) is 11.3 Å². The van der Waals surface area contributed by atoms with E-state index < -0.39 is 23.4 Å². The summed E-state index contributed by atoms with van der Waals surface area (Å²) in [4.78, 5) is 0. The van der Waals surface area contributed by atoms with Crippen molar-refractivity contribution in [2.24, 2.45) is 0 Å². The third-order valence-electron chi connectivity index (χ3n) is 5.00. The number of nitrogens with one attached hydrogen (secondary N) is 1. The second-order valence-electron chi connectivity index (χ2n) is 6.72. The van der Waals surface area contributed by atoms with Crippen molar-refractivity contribution < 1.29 is 13.2 Å². The molecule has 1 aliphatic rings. The lowest BCUT2D eigenvalue weighted by Crippen LogP contribution is -2.13. The second-order valence-corrected chi connectivity index (χ2v) is 6.72. The zero-order chi connectivity index (χ0) is 19.0. The topological polar surface area (TPSA) is 37.8 Å². The van der Waals surface area contributed by atoms with Crippen LogP contribution in [0.2, 0.25) is 0 Å². The van der Waals surface area contributed by atoms with Crippen LogP contribution in [0.5, 0.6) is 0 Å². The SMILES string of the molecule is Cc1ccc(-c2ccc3c(c2F)CNCCC3c2cccc(F)c2F)nn1. The molecule has 0 fully saturated rings. The molecule has 1 atom stereocenters. The van der Waals surface area contributed by atoms with Gasteiger partial charge in [-0.2, -0.15) is 10.2 Å². The molecule has 0 amide bonds. The summed E-state index contributed by atoms with van der Waals surface area (Å²) in [6.45, 7) is 2.71. The Bertz CT molecular complexity index is 987. The fraction of sp³-hybridized carbons (Fsp3) is 0.238. The molecular formula is C21H18F3N3. The first kappa shape index (κ1) is 17.7. The maximum atomic E-state index is 15.3. The quantitative estimate of drug-likeness (QED) is 0.723. The molecule has 6 heteroatoms. The van der Waals surface area contributed by atoms with E-state index in [1.165, 1.54) is 6.07 Å². The zero-order valence-electron chi connectivity index (χ0n) is 14.8. The highest BCUT2D eigenvalue weighted by molar-refractivity contribution is 5.62. The van der Waals surface area contributed by atoms with Crippen LogP contribution in [0.15, 0.2) is 42.5 Å². The van der Waals surface area contributed by atoms with Crippen molar-refractivity contribution in [1.29, 1.82) is 0 Å². The number of hydrogen-bond donors (Lipinski definition) is 1. The molecule has 0 spiro atoms. The van der Waals surface area contributed by atoms with Crippen LogP contribution >= 0.6 is 0 Å². The second kappa shape index (κ2) is 7.12. The molecule has 1 aromatic heterocycles. The minimum Gasteiger partial charge on any atom is -0.313 e. The number of aromatic nitrogens is 2. The Hall–Kier alpha value is -2.73. The minimum atomic E-state index is -0.890. The van der Waals surface area contributed by atoms with Gasteiger partial charge < -0.3 is 5.32 Å². The number of halogens is 3. The van der Waals surface area contributed by atoms with E-state index >= 15 is 4.39 Å². The molecule has 0 saturated heterocycles. The van der Waals surface area contributed by atoms with E-state index in [1.807, 2.05) is 6.92 Å². The van der Waals surface area contributed by atoms with Crippen LogP contribution in [0.1, 0.15) is 34.7 Å². The molecule has 2 aromatic carbocycles. The van der Waals surface area contributed by atoms with Gasteiger partial charge in [-0.15, -0.1) is 0 Å². The van der Waals surface area contributed by atoms with E-state index in [0.29, 0.717) is 41.9 Å². The number of hydrogen-bond acceptors (Lipinski definition) is 3. The lowest BCUT2D eigenvalue weighted by molar-refractivity contribution is 0.490. The molecule has 2 heterocycles. The Labute approximate surface area is 155 Å². The van der Waals surface area contributed by atoms with Crippen LogP contribution in [-0.2, 0) is 6.54 Å². The van der Waals surface area contributed by atoms with Crippen molar-refractivity contribution in [3.8, 4) is 11.3 Å². The first-order chi connectivity index (χ1) is 13.1. The summed E-state index contributed by atoms with van der Waals surface area (Å²) in [5.74, 6) is -2.58. The number of benzene rings is 2. The van der Waals surface area contributed by atoms with Gasteiger partial charge in [-0.3, -0.25) is 0 Å². The van der Waals surface area contributed by atoms with Gasteiger partial charge in [0.25, 0.3) is 0 Å². The van der Waals surface area contributed by atoms with E-state index in [2.05, 4.69) is 15.5 Å². The lowest BCUT2D eigenvalue weighted by Gasteiger charge is -2.20. The van der Waals surface area contributed by atoms with Gasteiger partial charge in [-0.05, 0) is 55.3 Å². The highest BCUT2D eigenvalue weighted by atomic mass is 19.2. The number of nitrogens with zero attached hydrogens (tertiary/aromatic N) is 2. The van der Waals surface area contributed by atoms with Crippen LogP contribution in [0.4, 0.5) is 13.2 Å². The molecule has 1 unspecified atom stereocenters. The van der Waals surface area contributed by atoms with Crippen molar-refractivity contribution in [3.63, 3.8) is 0 Å². The Balaban J connectivity index is 1.84. The van der Waals surface area contributed by atoms with Gasteiger partial charge in [0.2, 0.25) is 0 Å². The normalized spacial score (nSPS) is 16.7. The van der Waals surface area contributed by atoms with Gasteiger partial charge in [0.15, 0.2) is 11.6 Å². The zero-order valence-corrected chi connectivity index (χ0v) is 14.8. The molecule has 138 valence electrons. The molecule has 3 aromatic rings. The highest BCUT2D eigenvalue weighted by Crippen LogP contribution is 2.37. The molecule has 0 saturated carbocycles. The average Bonchev–Trinajstić information content (AvgIpc) is 2.88. The maximum absolute atomic E-state index is 15.3. The Morgan fingerprint density at radius 3 is 2.56 bits per heavy atom. The molecule has 0 aliphatic carbocycles. The van der Waals surface area contributed by atoms with E-state index in [9.17, 15) is 8.78 Å². The third-order valence-corrected chi connectivity index (χ3v) is 5.00. The van der Waals surface area contributed by atoms with Crippen LogP contribution in [0.3, 0.4) is 0 Å². The van der Waals surface area contributed by atoms with Crippen molar-refractivity contribution in [2.75, 3.05) is 6.54 Å². The van der Waals surface area contributed by atoms with Gasteiger partial charge in [0.1, 0.15) is 5.82 Å². The molecule has 0 bridgehead atoms. The number of fused-ring (bicyclic) bond motifs is 1. The van der Waals surface area contributed by atoms with Gasteiger partial charge in [-0.1, -0.05) is 18.2 Å². The highest BCUT2D eigenvalue weighted by Gasteiger charge is 2.27. The standard InChI is InChI=1S/C21H18F3N3/c1-12-5-8-19(27-26-12)16-7-6-13-14(9-10-25-11-17(13)20(16)23)15-3-2-4-18(22)21(15)24/h2-8,14,25H,9-11H2,1H3.